The summed E-state index contributed by atoms with van der Waals surface area (Å²) in [7, 11) is -4.43. The molecule has 5 nitrogen and oxygen atoms in total. The van der Waals surface area contributed by atoms with Crippen LogP contribution in [-0.2, 0) is 16.7 Å². The number of hydrogen-bond acceptors (Lipinski definition) is 3. The molecule has 1 N–H and O–H groups in total. The summed E-state index contributed by atoms with van der Waals surface area (Å²) in [6.45, 7) is 0. The van der Waals surface area contributed by atoms with Gasteiger partial charge in [-0.2, -0.15) is 8.42 Å². The maximum absolute atomic E-state index is 11.8. The summed E-state index contributed by atoms with van der Waals surface area (Å²) >= 11 is 0. The fraction of sp³-hybridized carbons (Fsp3) is 0.0625. The molecule has 3 aromatic rings. The highest BCUT2D eigenvalue weighted by atomic mass is 32.2. The number of imidazole rings is 1. The zero-order valence-corrected chi connectivity index (χ0v) is 12.4. The molecule has 0 amide bonds. The summed E-state index contributed by atoms with van der Waals surface area (Å²) in [5, 5.41) is 0. The molecule has 22 heavy (non-hydrogen) atoms. The lowest BCUT2D eigenvalue weighted by Crippen LogP contribution is -2.16. The fourth-order valence-electron chi connectivity index (χ4n) is 2.33. The Labute approximate surface area is 128 Å². The Hall–Kier alpha value is -2.44. The van der Waals surface area contributed by atoms with E-state index in [4.69, 9.17) is 0 Å². The largest absolute Gasteiger partial charge is 0.365 e. The number of hydrogen-bond donors (Lipinski definition) is 1. The summed E-state index contributed by atoms with van der Waals surface area (Å²) in [6.07, 6.45) is 1.77. The first kappa shape index (κ1) is 14.5. The number of nitrogens with zero attached hydrogens (tertiary/aromatic N) is 2. The predicted octanol–water partition coefficient (Wildman–Crippen LogP) is 2.79. The van der Waals surface area contributed by atoms with Crippen LogP contribution in [0, 0.1) is 0 Å². The molecular formula is C16H14N2O3S. The summed E-state index contributed by atoms with van der Waals surface area (Å²) < 4.78 is 34.0. The van der Waals surface area contributed by atoms with Crippen molar-refractivity contribution in [1.29, 1.82) is 0 Å². The Bertz CT molecular complexity index is 872. The topological polar surface area (TPSA) is 72.2 Å². The Morgan fingerprint density at radius 1 is 0.955 bits per heavy atom. The quantitative estimate of drug-likeness (QED) is 0.752. The fourth-order valence-corrected chi connectivity index (χ4v) is 3.11. The lowest BCUT2D eigenvalue weighted by Gasteiger charge is -2.08. The van der Waals surface area contributed by atoms with Gasteiger partial charge in [-0.15, -0.1) is 0 Å². The van der Waals surface area contributed by atoms with Gasteiger partial charge in [0.25, 0.3) is 0 Å². The highest BCUT2D eigenvalue weighted by molar-refractivity contribution is 7.84. The lowest BCUT2D eigenvalue weighted by molar-refractivity contribution is 0.471. The summed E-state index contributed by atoms with van der Waals surface area (Å²) in [5.74, 6) is 0.271. The van der Waals surface area contributed by atoms with Gasteiger partial charge in [0, 0.05) is 12.0 Å². The van der Waals surface area contributed by atoms with Crippen LogP contribution in [0.5, 0.6) is 0 Å². The second-order valence-electron chi connectivity index (χ2n) is 4.83. The third kappa shape index (κ3) is 2.93. The summed E-state index contributed by atoms with van der Waals surface area (Å²) in [4.78, 5) is 4.18. The van der Waals surface area contributed by atoms with E-state index in [1.807, 2.05) is 36.4 Å². The van der Waals surface area contributed by atoms with Gasteiger partial charge < -0.3 is 0 Å². The molecule has 0 fully saturated rings. The maximum Gasteiger partial charge on any atom is 0.365 e. The van der Waals surface area contributed by atoms with Crippen molar-refractivity contribution >= 4 is 10.3 Å². The molecule has 6 heteroatoms. The smallest absolute Gasteiger partial charge is 0.269 e. The van der Waals surface area contributed by atoms with Crippen molar-refractivity contribution in [1.82, 2.24) is 8.96 Å². The molecule has 0 atom stereocenters. The standard InChI is InChI=1S/C16H14N2O3S/c19-22(20,21)18-15(14-9-5-2-6-10-14)12-17-16(18)11-13-7-3-1-4-8-13/h1-10,12H,11H2,(H,19,20,21). The van der Waals surface area contributed by atoms with E-state index in [9.17, 15) is 13.0 Å². The van der Waals surface area contributed by atoms with E-state index in [0.29, 0.717) is 17.7 Å². The molecule has 0 bridgehead atoms. The first-order chi connectivity index (χ1) is 10.6. The highest BCUT2D eigenvalue weighted by Gasteiger charge is 2.20. The molecule has 3 rings (SSSR count). The normalized spacial score (nSPS) is 11.5. The molecule has 2 aromatic carbocycles. The molecular weight excluding hydrogens is 300 g/mol. The van der Waals surface area contributed by atoms with Crippen LogP contribution in [0.1, 0.15) is 11.4 Å². The van der Waals surface area contributed by atoms with E-state index >= 15 is 0 Å². The molecule has 0 aliphatic carbocycles. The highest BCUT2D eigenvalue weighted by Crippen LogP contribution is 2.23. The molecule has 0 spiro atoms. The van der Waals surface area contributed by atoms with Gasteiger partial charge in [0.05, 0.1) is 11.9 Å². The molecule has 112 valence electrons. The van der Waals surface area contributed by atoms with E-state index < -0.39 is 10.3 Å². The van der Waals surface area contributed by atoms with Crippen LogP contribution in [0.25, 0.3) is 11.3 Å². The van der Waals surface area contributed by atoms with Crippen LogP contribution >= 0.6 is 0 Å². The van der Waals surface area contributed by atoms with E-state index in [1.54, 1.807) is 24.3 Å². The van der Waals surface area contributed by atoms with Crippen LogP contribution in [0.2, 0.25) is 0 Å². The maximum atomic E-state index is 11.8. The zero-order valence-electron chi connectivity index (χ0n) is 11.6. The van der Waals surface area contributed by atoms with E-state index in [-0.39, 0.29) is 5.82 Å². The van der Waals surface area contributed by atoms with Crippen molar-refractivity contribution in [2.24, 2.45) is 0 Å². The van der Waals surface area contributed by atoms with Crippen molar-refractivity contribution in [3.63, 3.8) is 0 Å². The van der Waals surface area contributed by atoms with E-state index in [1.165, 1.54) is 6.20 Å². The van der Waals surface area contributed by atoms with Crippen molar-refractivity contribution in [3.8, 4) is 11.3 Å². The third-order valence-electron chi connectivity index (χ3n) is 3.29. The molecule has 0 saturated heterocycles. The average molecular weight is 314 g/mol. The molecule has 0 saturated carbocycles. The van der Waals surface area contributed by atoms with E-state index in [2.05, 4.69) is 4.98 Å². The number of rotatable bonds is 4. The van der Waals surface area contributed by atoms with Crippen LogP contribution in [-0.4, -0.2) is 21.9 Å². The minimum atomic E-state index is -4.43. The van der Waals surface area contributed by atoms with Gasteiger partial charge in [-0.05, 0) is 5.56 Å². The van der Waals surface area contributed by atoms with Gasteiger partial charge in [-0.25, -0.2) is 8.96 Å². The van der Waals surface area contributed by atoms with Gasteiger partial charge in [0.1, 0.15) is 5.82 Å². The minimum absolute atomic E-state index is 0.271. The Morgan fingerprint density at radius 2 is 1.55 bits per heavy atom. The van der Waals surface area contributed by atoms with Gasteiger partial charge in [0.2, 0.25) is 0 Å². The predicted molar refractivity (Wildman–Crippen MR) is 83.9 cm³/mol. The molecule has 0 aliphatic rings. The van der Waals surface area contributed by atoms with E-state index in [0.717, 1.165) is 9.54 Å². The minimum Gasteiger partial charge on any atom is -0.269 e. The molecule has 1 aromatic heterocycles. The van der Waals surface area contributed by atoms with Gasteiger partial charge in [0.15, 0.2) is 0 Å². The van der Waals surface area contributed by atoms with Gasteiger partial charge >= 0.3 is 10.3 Å². The number of benzene rings is 2. The Balaban J connectivity index is 2.11. The molecule has 0 radical (unpaired) electrons. The Morgan fingerprint density at radius 3 is 2.14 bits per heavy atom. The average Bonchev–Trinajstić information content (AvgIpc) is 2.93. The van der Waals surface area contributed by atoms with Crippen molar-refractivity contribution in [2.45, 2.75) is 6.42 Å². The zero-order chi connectivity index (χ0) is 15.6. The van der Waals surface area contributed by atoms with Crippen LogP contribution in [0.15, 0.2) is 66.9 Å². The summed E-state index contributed by atoms with van der Waals surface area (Å²) in [5.41, 5.74) is 1.93. The second kappa shape index (κ2) is 5.75. The third-order valence-corrected chi connectivity index (χ3v) is 4.16. The monoisotopic (exact) mass is 314 g/mol. The lowest BCUT2D eigenvalue weighted by atomic mass is 10.1. The first-order valence-electron chi connectivity index (χ1n) is 6.69. The van der Waals surface area contributed by atoms with Crippen molar-refractivity contribution < 1.29 is 13.0 Å². The Kier molecular flexibility index (Phi) is 3.79. The van der Waals surface area contributed by atoms with Gasteiger partial charge in [-0.1, -0.05) is 60.7 Å². The molecule has 0 unspecified atom stereocenters. The van der Waals surface area contributed by atoms with Crippen LogP contribution in [0.4, 0.5) is 0 Å². The number of aromatic nitrogens is 2. The second-order valence-corrected chi connectivity index (χ2v) is 6.09. The molecule has 0 aliphatic heterocycles. The molecule has 1 heterocycles. The van der Waals surface area contributed by atoms with Gasteiger partial charge in [-0.3, -0.25) is 4.55 Å². The van der Waals surface area contributed by atoms with Crippen molar-refractivity contribution in [2.75, 3.05) is 0 Å². The van der Waals surface area contributed by atoms with Crippen LogP contribution in [0.3, 0.4) is 0 Å². The first-order valence-corrected chi connectivity index (χ1v) is 8.09. The SMILES string of the molecule is O=S(=O)(O)n1c(-c2ccccc2)cnc1Cc1ccccc1. The summed E-state index contributed by atoms with van der Waals surface area (Å²) in [6, 6.07) is 18.4. The van der Waals surface area contributed by atoms with Crippen molar-refractivity contribution in [3.05, 3.63) is 78.2 Å². The van der Waals surface area contributed by atoms with Crippen LogP contribution < -0.4 is 0 Å².